The second-order valence-corrected chi connectivity index (χ2v) is 24.9. The zero-order valence-corrected chi connectivity index (χ0v) is 44.9. The molecule has 17 heteroatoms. The van der Waals surface area contributed by atoms with Crippen molar-refractivity contribution in [3.63, 3.8) is 0 Å². The number of halogens is 2. The van der Waals surface area contributed by atoms with Gasteiger partial charge in [0.1, 0.15) is 5.82 Å². The summed E-state index contributed by atoms with van der Waals surface area (Å²) in [6.07, 6.45) is 2.67. The monoisotopic (exact) mass is 1060 g/mol. The van der Waals surface area contributed by atoms with Gasteiger partial charge >= 0.3 is 0 Å². The Morgan fingerprint density at radius 1 is 0.861 bits per heavy atom. The number of hydrogen-bond donors (Lipinski definition) is 0. The van der Waals surface area contributed by atoms with Gasteiger partial charge in [-0.25, -0.2) is 12.8 Å². The molecule has 382 valence electrons. The van der Waals surface area contributed by atoms with Gasteiger partial charge in [-0.15, -0.1) is 11.8 Å². The molecule has 2 aliphatic rings. The number of nitrogens with zero attached hydrogens (tertiary/aromatic N) is 5. The van der Waals surface area contributed by atoms with Crippen molar-refractivity contribution in [2.75, 3.05) is 87.4 Å². The van der Waals surface area contributed by atoms with Crippen LogP contribution in [0.4, 0.5) is 21.5 Å². The molecule has 2 atom stereocenters. The van der Waals surface area contributed by atoms with Crippen molar-refractivity contribution in [1.82, 2.24) is 9.47 Å². The number of nitro groups is 1. The van der Waals surface area contributed by atoms with Gasteiger partial charge in [-0.1, -0.05) is 60.1 Å². The molecule has 1 unspecified atom stereocenters. The molecule has 6 aromatic rings. The van der Waals surface area contributed by atoms with Gasteiger partial charge in [0, 0.05) is 107 Å². The summed E-state index contributed by atoms with van der Waals surface area (Å²) >= 11 is 8.04. The first-order chi connectivity index (χ1) is 34.5. The van der Waals surface area contributed by atoms with E-state index in [0.29, 0.717) is 89.9 Å². The summed E-state index contributed by atoms with van der Waals surface area (Å²) in [4.78, 5) is 20.4. The van der Waals surface area contributed by atoms with Crippen molar-refractivity contribution >= 4 is 62.9 Å². The summed E-state index contributed by atoms with van der Waals surface area (Å²) in [5.41, 5.74) is 5.96. The van der Waals surface area contributed by atoms with Gasteiger partial charge in [0.15, 0.2) is 9.84 Å². The number of benzene rings is 5. The van der Waals surface area contributed by atoms with E-state index in [9.17, 15) is 23.1 Å². The number of sulfone groups is 1. The van der Waals surface area contributed by atoms with Crippen LogP contribution in [0.15, 0.2) is 125 Å². The Balaban J connectivity index is 0.971. The summed E-state index contributed by atoms with van der Waals surface area (Å²) in [6, 6.07) is 35.0. The van der Waals surface area contributed by atoms with Crippen LogP contribution in [0.1, 0.15) is 50.1 Å². The highest BCUT2D eigenvalue weighted by atomic mass is 35.5. The standard InChI is InChI=1S/C55H64ClFN5O7PS2/c1-6-69-70(65,50-21-16-44(52(36-50)62(63)64)32-42(22-23-58-28-30-68-31-29-58)38-71-51-10-8-7-9-11-51)37-41-12-19-48(20-13-41)59-24-26-60(27-25-59)49-34-45(33-47(57)35-49)53-54(43-14-17-46(56)18-15-43)61(39(2)3)40(4)55(53)72(5,66)67/h7-21,33-36,39,42H,6,22-32,37-38H2,1-5H3/t42-,70?/m0/s1. The fourth-order valence-corrected chi connectivity index (χ4v) is 14.7. The molecule has 0 amide bonds. The van der Waals surface area contributed by atoms with Gasteiger partial charge in [-0.05, 0) is 130 Å². The van der Waals surface area contributed by atoms with E-state index in [1.54, 1.807) is 49.9 Å². The fourth-order valence-electron chi connectivity index (χ4n) is 10.1. The summed E-state index contributed by atoms with van der Waals surface area (Å²) in [5.74, 6) is 0.507. The number of thioether (sulfide) groups is 1. The minimum absolute atomic E-state index is 0.0425. The van der Waals surface area contributed by atoms with E-state index in [1.807, 2.05) is 79.1 Å². The number of nitro benzene ring substituents is 1. The number of anilines is 2. The maximum absolute atomic E-state index is 15.8. The highest BCUT2D eigenvalue weighted by Crippen LogP contribution is 2.50. The molecule has 8 rings (SSSR count). The largest absolute Gasteiger partial charge is 0.379 e. The number of morpholine rings is 1. The van der Waals surface area contributed by atoms with Crippen molar-refractivity contribution in [2.24, 2.45) is 5.92 Å². The molecule has 3 heterocycles. The van der Waals surface area contributed by atoms with E-state index in [-0.39, 0.29) is 40.2 Å². The number of aromatic nitrogens is 1. The molecule has 0 saturated carbocycles. The number of ether oxygens (including phenoxy) is 1. The van der Waals surface area contributed by atoms with Crippen LogP contribution in [0.2, 0.25) is 5.02 Å². The van der Waals surface area contributed by atoms with E-state index in [0.717, 1.165) is 53.5 Å². The third kappa shape index (κ3) is 12.7. The Hall–Kier alpha value is -4.99. The van der Waals surface area contributed by atoms with Crippen LogP contribution in [0, 0.1) is 28.8 Å². The number of hydrogen-bond acceptors (Lipinski definition) is 11. The molecular formula is C55H64ClFN5O7PS2. The molecule has 12 nitrogen and oxygen atoms in total. The van der Waals surface area contributed by atoms with E-state index in [4.69, 9.17) is 20.9 Å². The Kier molecular flexibility index (Phi) is 17.4. The first kappa shape index (κ1) is 53.3. The molecule has 1 aromatic heterocycles. The molecule has 2 aliphatic heterocycles. The highest BCUT2D eigenvalue weighted by molar-refractivity contribution is 7.99. The molecule has 2 fully saturated rings. The fraction of sp³-hybridized carbons (Fsp3) is 0.382. The molecule has 0 spiro atoms. The maximum Gasteiger partial charge on any atom is 0.273 e. The molecule has 72 heavy (non-hydrogen) atoms. The smallest absolute Gasteiger partial charge is 0.273 e. The van der Waals surface area contributed by atoms with Crippen LogP contribution >= 0.6 is 30.7 Å². The van der Waals surface area contributed by atoms with Crippen LogP contribution < -0.4 is 15.1 Å². The third-order valence-electron chi connectivity index (χ3n) is 13.6. The van der Waals surface area contributed by atoms with Crippen LogP contribution in [-0.2, 0) is 36.2 Å². The predicted molar refractivity (Wildman–Crippen MR) is 291 cm³/mol. The average Bonchev–Trinajstić information content (AvgIpc) is 3.69. The van der Waals surface area contributed by atoms with Crippen molar-refractivity contribution in [2.45, 2.75) is 62.5 Å². The normalized spacial score (nSPS) is 16.0. The molecule has 0 bridgehead atoms. The van der Waals surface area contributed by atoms with Crippen LogP contribution in [-0.4, -0.2) is 100 Å². The molecule has 5 aromatic carbocycles. The lowest BCUT2D eigenvalue weighted by Crippen LogP contribution is -2.46. The first-order valence-corrected chi connectivity index (χ1v) is 29.7. The quantitative estimate of drug-likeness (QED) is 0.0314. The SMILES string of the molecule is CCOP(=O)(Cc1ccc(N2CCN(c3cc(F)cc(-c4c(S(C)(=O)=O)c(C)n(C(C)C)c4-c4ccc(Cl)cc4)c3)CC2)cc1)c1ccc(C[C@H](CCN2CCOCC2)CSc2ccccc2)c([N+](=O)[O-])c1. The second-order valence-electron chi connectivity index (χ2n) is 19.0. The topological polar surface area (TPSA) is 127 Å². The van der Waals surface area contributed by atoms with Crippen LogP contribution in [0.3, 0.4) is 0 Å². The van der Waals surface area contributed by atoms with Gasteiger partial charge in [-0.3, -0.25) is 19.6 Å². The minimum atomic E-state index is -3.75. The van der Waals surface area contributed by atoms with Gasteiger partial charge in [-0.2, -0.15) is 0 Å². The Labute approximate surface area is 433 Å². The lowest BCUT2D eigenvalue weighted by atomic mass is 9.96. The Bertz CT molecular complexity index is 3000. The van der Waals surface area contributed by atoms with Crippen LogP contribution in [0.5, 0.6) is 0 Å². The van der Waals surface area contributed by atoms with E-state index < -0.39 is 23.0 Å². The van der Waals surface area contributed by atoms with E-state index in [2.05, 4.69) is 26.8 Å². The van der Waals surface area contributed by atoms with Crippen LogP contribution in [0.25, 0.3) is 22.4 Å². The maximum atomic E-state index is 15.8. The first-order valence-electron chi connectivity index (χ1n) is 24.6. The third-order valence-corrected chi connectivity index (χ3v) is 18.9. The van der Waals surface area contributed by atoms with Crippen molar-refractivity contribution < 1.29 is 31.6 Å². The van der Waals surface area contributed by atoms with Crippen molar-refractivity contribution in [1.29, 1.82) is 0 Å². The summed E-state index contributed by atoms with van der Waals surface area (Å²) < 4.78 is 71.3. The lowest BCUT2D eigenvalue weighted by molar-refractivity contribution is -0.385. The highest BCUT2D eigenvalue weighted by Gasteiger charge is 2.33. The molecule has 0 N–H and O–H groups in total. The zero-order chi connectivity index (χ0) is 51.2. The van der Waals surface area contributed by atoms with Crippen molar-refractivity contribution in [3.8, 4) is 22.4 Å². The molecule has 0 aliphatic carbocycles. The number of piperazine rings is 1. The molecular weight excluding hydrogens is 992 g/mol. The van der Waals surface area contributed by atoms with E-state index >= 15 is 4.39 Å². The Morgan fingerprint density at radius 2 is 1.53 bits per heavy atom. The summed E-state index contributed by atoms with van der Waals surface area (Å²) in [7, 11) is -7.33. The van der Waals surface area contributed by atoms with Gasteiger partial charge in [0.05, 0.1) is 41.5 Å². The summed E-state index contributed by atoms with van der Waals surface area (Å²) in [6.45, 7) is 14.2. The number of rotatable bonds is 20. The Morgan fingerprint density at radius 3 is 2.15 bits per heavy atom. The van der Waals surface area contributed by atoms with Gasteiger partial charge < -0.3 is 23.6 Å². The molecule has 0 radical (unpaired) electrons. The predicted octanol–water partition coefficient (Wildman–Crippen LogP) is 12.0. The van der Waals surface area contributed by atoms with E-state index in [1.165, 1.54) is 24.5 Å². The zero-order valence-electron chi connectivity index (χ0n) is 41.6. The average molecular weight is 1060 g/mol. The lowest BCUT2D eigenvalue weighted by Gasteiger charge is -2.37. The molecule has 2 saturated heterocycles. The summed E-state index contributed by atoms with van der Waals surface area (Å²) in [5, 5.41) is 13.6. The minimum Gasteiger partial charge on any atom is -0.379 e. The van der Waals surface area contributed by atoms with Gasteiger partial charge in [0.2, 0.25) is 7.37 Å². The second kappa shape index (κ2) is 23.5. The van der Waals surface area contributed by atoms with Crippen molar-refractivity contribution in [3.05, 3.63) is 153 Å². The van der Waals surface area contributed by atoms with Gasteiger partial charge in [0.25, 0.3) is 5.69 Å².